The quantitative estimate of drug-likeness (QED) is 0.355. The maximum absolute atomic E-state index is 11.7. The number of hydrogen-bond acceptors (Lipinski definition) is 4. The smallest absolute Gasteiger partial charge is 0.191 e. The monoisotopic (exact) mass is 520 g/mol. The fourth-order valence-electron chi connectivity index (χ4n) is 3.96. The van der Waals surface area contributed by atoms with Crippen LogP contribution in [0, 0.1) is 5.92 Å². The third-order valence-corrected chi connectivity index (χ3v) is 7.47. The Balaban J connectivity index is 0.00000280. The number of hydrogen-bond donors (Lipinski definition) is 2. The third-order valence-electron chi connectivity index (χ3n) is 5.70. The van der Waals surface area contributed by atoms with Crippen LogP contribution in [0.4, 0.5) is 0 Å². The molecule has 2 aliphatic heterocycles. The summed E-state index contributed by atoms with van der Waals surface area (Å²) in [7, 11) is -1.16. The summed E-state index contributed by atoms with van der Waals surface area (Å²) in [6, 6.07) is 10.8. The Morgan fingerprint density at radius 3 is 2.46 bits per heavy atom. The molecule has 2 fully saturated rings. The van der Waals surface area contributed by atoms with Crippen LogP contribution < -0.4 is 10.6 Å². The van der Waals surface area contributed by atoms with E-state index in [-0.39, 0.29) is 47.6 Å². The summed E-state index contributed by atoms with van der Waals surface area (Å²) in [6.45, 7) is 5.29. The molecular weight excluding hydrogens is 487 g/mol. The van der Waals surface area contributed by atoms with Gasteiger partial charge < -0.3 is 10.6 Å². The fourth-order valence-corrected chi connectivity index (χ4v) is 5.64. The van der Waals surface area contributed by atoms with Gasteiger partial charge in [-0.05, 0) is 43.8 Å². The number of nitrogens with zero attached hydrogens (tertiary/aromatic N) is 2. The van der Waals surface area contributed by atoms with Crippen LogP contribution in [-0.4, -0.2) is 63.5 Å². The van der Waals surface area contributed by atoms with Gasteiger partial charge in [0.2, 0.25) is 0 Å². The zero-order valence-corrected chi connectivity index (χ0v) is 19.9. The molecular formula is C20H33IN4O2S. The average molecular weight is 520 g/mol. The first kappa shape index (κ1) is 23.4. The predicted molar refractivity (Wildman–Crippen MR) is 126 cm³/mol. The lowest BCUT2D eigenvalue weighted by Crippen LogP contribution is -2.48. The molecule has 2 unspecified atom stereocenters. The first-order valence-corrected chi connectivity index (χ1v) is 11.8. The third kappa shape index (κ3) is 6.59. The van der Waals surface area contributed by atoms with Gasteiger partial charge in [-0.2, -0.15) is 0 Å². The van der Waals surface area contributed by atoms with E-state index in [9.17, 15) is 8.42 Å². The van der Waals surface area contributed by atoms with E-state index in [1.165, 1.54) is 18.4 Å². The van der Waals surface area contributed by atoms with E-state index < -0.39 is 9.84 Å². The molecule has 2 aliphatic rings. The van der Waals surface area contributed by atoms with Gasteiger partial charge in [-0.3, -0.25) is 9.89 Å². The summed E-state index contributed by atoms with van der Waals surface area (Å²) >= 11 is 0. The molecule has 0 spiro atoms. The number of rotatable bonds is 5. The molecule has 0 bridgehead atoms. The fraction of sp³-hybridized carbons (Fsp3) is 0.650. The van der Waals surface area contributed by atoms with E-state index in [1.54, 1.807) is 7.05 Å². The van der Waals surface area contributed by atoms with Gasteiger partial charge in [-0.1, -0.05) is 37.3 Å². The van der Waals surface area contributed by atoms with Crippen molar-refractivity contribution in [3.8, 4) is 0 Å². The van der Waals surface area contributed by atoms with Crippen molar-refractivity contribution in [3.05, 3.63) is 35.9 Å². The van der Waals surface area contributed by atoms with Crippen molar-refractivity contribution in [1.82, 2.24) is 15.5 Å². The van der Waals surface area contributed by atoms with Crippen LogP contribution in [-0.2, 0) is 9.84 Å². The summed E-state index contributed by atoms with van der Waals surface area (Å²) in [5.74, 6) is 1.94. The highest BCUT2D eigenvalue weighted by atomic mass is 127. The van der Waals surface area contributed by atoms with Gasteiger partial charge in [0.25, 0.3) is 0 Å². The normalized spacial score (nSPS) is 24.4. The lowest BCUT2D eigenvalue weighted by Gasteiger charge is -2.37. The van der Waals surface area contributed by atoms with E-state index in [2.05, 4.69) is 51.7 Å². The summed E-state index contributed by atoms with van der Waals surface area (Å²) in [5.41, 5.74) is 1.30. The minimum atomic E-state index is -2.90. The highest BCUT2D eigenvalue weighted by Crippen LogP contribution is 2.26. The molecule has 6 nitrogen and oxygen atoms in total. The number of piperidine rings is 1. The van der Waals surface area contributed by atoms with Gasteiger partial charge in [0.15, 0.2) is 15.8 Å². The summed E-state index contributed by atoms with van der Waals surface area (Å²) in [6.07, 6.45) is 3.11. The van der Waals surface area contributed by atoms with E-state index in [4.69, 9.17) is 0 Å². The maximum Gasteiger partial charge on any atom is 0.191 e. The lowest BCUT2D eigenvalue weighted by molar-refractivity contribution is 0.138. The highest BCUT2D eigenvalue weighted by Gasteiger charge is 2.29. The molecule has 3 rings (SSSR count). The van der Waals surface area contributed by atoms with Gasteiger partial charge in [0.1, 0.15) is 0 Å². The van der Waals surface area contributed by atoms with Crippen LogP contribution in [0.2, 0.25) is 0 Å². The summed E-state index contributed by atoms with van der Waals surface area (Å²) in [4.78, 5) is 6.85. The second-order valence-corrected chi connectivity index (χ2v) is 10.1. The van der Waals surface area contributed by atoms with Crippen LogP contribution in [0.5, 0.6) is 0 Å². The first-order valence-electron chi connectivity index (χ1n) is 9.93. The summed E-state index contributed by atoms with van der Waals surface area (Å²) in [5, 5.41) is 6.71. The van der Waals surface area contributed by atoms with Crippen LogP contribution in [0.3, 0.4) is 0 Å². The van der Waals surface area contributed by atoms with Gasteiger partial charge >= 0.3 is 0 Å². The first-order chi connectivity index (χ1) is 13.0. The second-order valence-electron chi connectivity index (χ2n) is 7.84. The maximum atomic E-state index is 11.7. The standard InChI is InChI=1S/C20H32N4O2S.HI/c1-16-8-11-24(12-9-16)19(17-6-4-3-5-7-17)14-22-20(21-2)23-18-10-13-27(25,26)15-18;/h3-7,16,18-19H,8-15H2,1-2H3,(H2,21,22,23);1H. The molecule has 0 radical (unpaired) electrons. The number of sulfone groups is 1. The van der Waals surface area contributed by atoms with Gasteiger partial charge in [-0.25, -0.2) is 8.42 Å². The minimum Gasteiger partial charge on any atom is -0.354 e. The Labute approximate surface area is 186 Å². The second kappa shape index (κ2) is 10.8. The van der Waals surface area contributed by atoms with Crippen molar-refractivity contribution in [2.45, 2.75) is 38.3 Å². The van der Waals surface area contributed by atoms with Crippen molar-refractivity contribution >= 4 is 39.8 Å². The number of aliphatic imine (C=N–C) groups is 1. The number of likely N-dealkylation sites (tertiary alicyclic amines) is 1. The van der Waals surface area contributed by atoms with Crippen LogP contribution in [0.25, 0.3) is 0 Å². The number of halogens is 1. The molecule has 0 aromatic heterocycles. The zero-order chi connectivity index (χ0) is 19.3. The largest absolute Gasteiger partial charge is 0.354 e. The van der Waals surface area contributed by atoms with Crippen LogP contribution >= 0.6 is 24.0 Å². The van der Waals surface area contributed by atoms with Crippen molar-refractivity contribution in [3.63, 3.8) is 0 Å². The minimum absolute atomic E-state index is 0. The van der Waals surface area contributed by atoms with E-state index in [0.29, 0.717) is 12.4 Å². The van der Waals surface area contributed by atoms with Crippen molar-refractivity contribution < 1.29 is 8.42 Å². The molecule has 2 heterocycles. The molecule has 1 aromatic rings. The predicted octanol–water partition coefficient (Wildman–Crippen LogP) is 2.43. The molecule has 2 atom stereocenters. The molecule has 1 aromatic carbocycles. The zero-order valence-electron chi connectivity index (χ0n) is 16.8. The topological polar surface area (TPSA) is 73.8 Å². The Morgan fingerprint density at radius 1 is 1.21 bits per heavy atom. The van der Waals surface area contributed by atoms with Crippen molar-refractivity contribution in [2.24, 2.45) is 10.9 Å². The number of benzene rings is 1. The molecule has 0 amide bonds. The Bertz CT molecular complexity index is 734. The molecule has 0 saturated carbocycles. The van der Waals surface area contributed by atoms with E-state index in [1.807, 2.05) is 6.07 Å². The highest BCUT2D eigenvalue weighted by molar-refractivity contribution is 14.0. The van der Waals surface area contributed by atoms with Crippen LogP contribution in [0.1, 0.15) is 37.8 Å². The summed E-state index contributed by atoms with van der Waals surface area (Å²) < 4.78 is 23.4. The van der Waals surface area contributed by atoms with Gasteiger partial charge in [0, 0.05) is 19.6 Å². The molecule has 2 saturated heterocycles. The van der Waals surface area contributed by atoms with Crippen molar-refractivity contribution in [2.75, 3.05) is 38.2 Å². The Kier molecular flexibility index (Phi) is 9.01. The molecule has 2 N–H and O–H groups in total. The molecule has 8 heteroatoms. The van der Waals surface area contributed by atoms with Crippen LogP contribution in [0.15, 0.2) is 35.3 Å². The molecule has 158 valence electrons. The Hall–Kier alpha value is -0.870. The van der Waals surface area contributed by atoms with E-state index in [0.717, 1.165) is 25.6 Å². The van der Waals surface area contributed by atoms with E-state index >= 15 is 0 Å². The molecule has 28 heavy (non-hydrogen) atoms. The number of nitrogens with one attached hydrogen (secondary N) is 2. The number of guanidine groups is 1. The van der Waals surface area contributed by atoms with Crippen molar-refractivity contribution in [1.29, 1.82) is 0 Å². The average Bonchev–Trinajstić information content (AvgIpc) is 3.01. The van der Waals surface area contributed by atoms with Gasteiger partial charge in [0.05, 0.1) is 17.5 Å². The molecule has 0 aliphatic carbocycles. The lowest BCUT2D eigenvalue weighted by atomic mass is 9.95. The SMILES string of the molecule is CN=C(NCC(c1ccccc1)N1CCC(C)CC1)NC1CCS(=O)(=O)C1.I. The van der Waals surface area contributed by atoms with Gasteiger partial charge in [-0.15, -0.1) is 24.0 Å². The Morgan fingerprint density at radius 2 is 1.89 bits per heavy atom.